The van der Waals surface area contributed by atoms with Crippen molar-refractivity contribution >= 4 is 29.1 Å². The molecule has 9 heteroatoms. The second kappa shape index (κ2) is 9.09. The number of hydrogen-bond donors (Lipinski definition) is 1. The number of halogens is 3. The SMILES string of the molecule is COc1cc(CNC(=O)c2ccc(Cl)cc2N2CCCC2=O)ccc1OC(F)F. The minimum atomic E-state index is -2.97. The lowest BCUT2D eigenvalue weighted by atomic mass is 10.1. The van der Waals surface area contributed by atoms with E-state index in [1.54, 1.807) is 29.2 Å². The Morgan fingerprint density at radius 2 is 2.03 bits per heavy atom. The molecule has 0 aromatic heterocycles. The Kier molecular flexibility index (Phi) is 6.53. The summed E-state index contributed by atoms with van der Waals surface area (Å²) >= 11 is 6.06. The molecule has 6 nitrogen and oxygen atoms in total. The van der Waals surface area contributed by atoms with E-state index in [-0.39, 0.29) is 29.9 Å². The lowest BCUT2D eigenvalue weighted by Gasteiger charge is -2.20. The Labute approximate surface area is 171 Å². The maximum Gasteiger partial charge on any atom is 0.387 e. The van der Waals surface area contributed by atoms with Gasteiger partial charge in [-0.2, -0.15) is 8.78 Å². The fourth-order valence-corrected chi connectivity index (χ4v) is 3.28. The highest BCUT2D eigenvalue weighted by atomic mass is 35.5. The zero-order valence-corrected chi connectivity index (χ0v) is 16.3. The fourth-order valence-electron chi connectivity index (χ4n) is 3.12. The van der Waals surface area contributed by atoms with Crippen LogP contribution >= 0.6 is 11.6 Å². The number of anilines is 1. The van der Waals surface area contributed by atoms with Gasteiger partial charge in [0.1, 0.15) is 0 Å². The molecule has 154 valence electrons. The van der Waals surface area contributed by atoms with Crippen LogP contribution in [0.15, 0.2) is 36.4 Å². The van der Waals surface area contributed by atoms with Crippen molar-refractivity contribution in [1.82, 2.24) is 5.32 Å². The fraction of sp³-hybridized carbons (Fsp3) is 0.300. The van der Waals surface area contributed by atoms with Crippen molar-refractivity contribution in [2.45, 2.75) is 26.0 Å². The first-order chi connectivity index (χ1) is 13.9. The summed E-state index contributed by atoms with van der Waals surface area (Å²) in [4.78, 5) is 26.4. The van der Waals surface area contributed by atoms with E-state index in [9.17, 15) is 18.4 Å². The van der Waals surface area contributed by atoms with E-state index < -0.39 is 6.61 Å². The van der Waals surface area contributed by atoms with E-state index in [4.69, 9.17) is 16.3 Å². The topological polar surface area (TPSA) is 67.9 Å². The summed E-state index contributed by atoms with van der Waals surface area (Å²) in [5.41, 5.74) is 1.43. The van der Waals surface area contributed by atoms with Crippen molar-refractivity contribution in [3.63, 3.8) is 0 Å². The van der Waals surface area contributed by atoms with Gasteiger partial charge in [0.2, 0.25) is 5.91 Å². The molecule has 3 rings (SSSR count). The summed E-state index contributed by atoms with van der Waals surface area (Å²) in [7, 11) is 1.34. The monoisotopic (exact) mass is 424 g/mol. The second-order valence-electron chi connectivity index (χ2n) is 6.36. The summed E-state index contributed by atoms with van der Waals surface area (Å²) in [5, 5.41) is 3.19. The first kappa shape index (κ1) is 20.9. The standard InChI is InChI=1S/C20H19ClF2N2O4/c1-28-17-9-12(4-7-16(17)29-20(22)23)11-24-19(27)14-6-5-13(21)10-15(14)25-8-2-3-18(25)26/h4-7,9-10,20H,2-3,8,11H2,1H3,(H,24,27). The van der Waals surface area contributed by atoms with Crippen LogP contribution in [0.25, 0.3) is 0 Å². The van der Waals surface area contributed by atoms with Crippen LogP contribution in [0.4, 0.5) is 14.5 Å². The first-order valence-corrected chi connectivity index (χ1v) is 9.26. The van der Waals surface area contributed by atoms with Gasteiger partial charge in [-0.3, -0.25) is 9.59 Å². The van der Waals surface area contributed by atoms with Gasteiger partial charge in [0, 0.05) is 24.5 Å². The molecule has 0 atom stereocenters. The lowest BCUT2D eigenvalue weighted by molar-refractivity contribution is -0.117. The molecule has 0 saturated carbocycles. The van der Waals surface area contributed by atoms with Crippen molar-refractivity contribution in [2.24, 2.45) is 0 Å². The summed E-state index contributed by atoms with van der Waals surface area (Å²) in [6, 6.07) is 9.15. The maximum atomic E-state index is 12.7. The average Bonchev–Trinajstić information content (AvgIpc) is 3.12. The van der Waals surface area contributed by atoms with Gasteiger partial charge in [-0.1, -0.05) is 17.7 Å². The number of amides is 2. The maximum absolute atomic E-state index is 12.7. The highest BCUT2D eigenvalue weighted by molar-refractivity contribution is 6.31. The van der Waals surface area contributed by atoms with Crippen LogP contribution in [0.5, 0.6) is 11.5 Å². The zero-order chi connectivity index (χ0) is 21.0. The number of carbonyl (C=O) groups excluding carboxylic acids is 2. The van der Waals surface area contributed by atoms with Crippen molar-refractivity contribution in [3.8, 4) is 11.5 Å². The van der Waals surface area contributed by atoms with Crippen LogP contribution in [0, 0.1) is 0 Å². The third kappa shape index (κ3) is 4.95. The van der Waals surface area contributed by atoms with E-state index >= 15 is 0 Å². The molecule has 1 heterocycles. The molecular weight excluding hydrogens is 406 g/mol. The van der Waals surface area contributed by atoms with E-state index in [2.05, 4.69) is 10.1 Å². The summed E-state index contributed by atoms with van der Waals surface area (Å²) in [5.74, 6) is -0.402. The Hall–Kier alpha value is -2.87. The van der Waals surface area contributed by atoms with Crippen LogP contribution in [0.2, 0.25) is 5.02 Å². The Morgan fingerprint density at radius 3 is 2.69 bits per heavy atom. The summed E-state index contributed by atoms with van der Waals surface area (Å²) in [6.07, 6.45) is 1.15. The first-order valence-electron chi connectivity index (χ1n) is 8.89. The molecule has 2 aromatic rings. The minimum absolute atomic E-state index is 0.0549. The molecule has 2 aromatic carbocycles. The number of carbonyl (C=O) groups is 2. The highest BCUT2D eigenvalue weighted by Gasteiger charge is 2.26. The predicted octanol–water partition coefficient (Wildman–Crippen LogP) is 4.01. The summed E-state index contributed by atoms with van der Waals surface area (Å²) in [6.45, 7) is -2.31. The van der Waals surface area contributed by atoms with Gasteiger partial charge in [0.25, 0.3) is 5.91 Å². The number of hydrogen-bond acceptors (Lipinski definition) is 4. The molecule has 0 spiro atoms. The molecule has 1 saturated heterocycles. The van der Waals surface area contributed by atoms with Crippen molar-refractivity contribution in [1.29, 1.82) is 0 Å². The van der Waals surface area contributed by atoms with E-state index in [1.165, 1.54) is 19.2 Å². The third-order valence-electron chi connectivity index (χ3n) is 4.47. The number of nitrogens with zero attached hydrogens (tertiary/aromatic N) is 1. The molecule has 1 fully saturated rings. The Morgan fingerprint density at radius 1 is 1.24 bits per heavy atom. The van der Waals surface area contributed by atoms with Crippen LogP contribution in [0.3, 0.4) is 0 Å². The van der Waals surface area contributed by atoms with Gasteiger partial charge in [0.15, 0.2) is 11.5 Å². The van der Waals surface area contributed by atoms with Crippen molar-refractivity contribution in [2.75, 3.05) is 18.6 Å². The Bertz CT molecular complexity index is 923. The van der Waals surface area contributed by atoms with Gasteiger partial charge in [-0.05, 0) is 42.3 Å². The van der Waals surface area contributed by atoms with Crippen molar-refractivity contribution < 1.29 is 27.8 Å². The number of methoxy groups -OCH3 is 1. The highest BCUT2D eigenvalue weighted by Crippen LogP contribution is 2.30. The van der Waals surface area contributed by atoms with E-state index in [0.29, 0.717) is 34.8 Å². The van der Waals surface area contributed by atoms with Crippen molar-refractivity contribution in [3.05, 3.63) is 52.5 Å². The van der Waals surface area contributed by atoms with Gasteiger partial charge >= 0.3 is 6.61 Å². The van der Waals surface area contributed by atoms with Crippen LogP contribution in [0.1, 0.15) is 28.8 Å². The molecule has 0 unspecified atom stereocenters. The predicted molar refractivity (Wildman–Crippen MR) is 104 cm³/mol. The molecule has 1 aliphatic rings. The van der Waals surface area contributed by atoms with E-state index in [1.807, 2.05) is 0 Å². The van der Waals surface area contributed by atoms with Gasteiger partial charge in [-0.15, -0.1) is 0 Å². The van der Waals surface area contributed by atoms with Gasteiger partial charge in [-0.25, -0.2) is 0 Å². The molecule has 1 aliphatic heterocycles. The molecule has 0 radical (unpaired) electrons. The Balaban J connectivity index is 1.75. The number of nitrogens with one attached hydrogen (secondary N) is 1. The molecule has 1 N–H and O–H groups in total. The van der Waals surface area contributed by atoms with Crippen LogP contribution < -0.4 is 19.7 Å². The minimum Gasteiger partial charge on any atom is -0.493 e. The quantitative estimate of drug-likeness (QED) is 0.729. The lowest BCUT2D eigenvalue weighted by Crippen LogP contribution is -2.29. The van der Waals surface area contributed by atoms with Gasteiger partial charge in [0.05, 0.1) is 18.4 Å². The van der Waals surface area contributed by atoms with Crippen LogP contribution in [-0.4, -0.2) is 32.1 Å². The molecule has 0 aliphatic carbocycles. The molecular formula is C20H19ClF2N2O4. The van der Waals surface area contributed by atoms with Gasteiger partial charge < -0.3 is 19.7 Å². The molecule has 29 heavy (non-hydrogen) atoms. The normalized spacial score (nSPS) is 13.7. The van der Waals surface area contributed by atoms with Crippen LogP contribution in [-0.2, 0) is 11.3 Å². The number of ether oxygens (including phenoxy) is 2. The van der Waals surface area contributed by atoms with E-state index in [0.717, 1.165) is 6.42 Å². The summed E-state index contributed by atoms with van der Waals surface area (Å²) < 4.78 is 34.3. The third-order valence-corrected chi connectivity index (χ3v) is 4.70. The largest absolute Gasteiger partial charge is 0.493 e. The second-order valence-corrected chi connectivity index (χ2v) is 6.79. The average molecular weight is 425 g/mol. The molecule has 0 bridgehead atoms. The smallest absolute Gasteiger partial charge is 0.387 e. The number of rotatable bonds is 7. The molecule has 2 amide bonds. The zero-order valence-electron chi connectivity index (χ0n) is 15.6. The number of alkyl halides is 2. The number of benzene rings is 2.